The lowest BCUT2D eigenvalue weighted by molar-refractivity contribution is 0.199. The number of aryl methyl sites for hydroxylation is 1. The summed E-state index contributed by atoms with van der Waals surface area (Å²) >= 11 is 0. The number of methoxy groups -OCH3 is 1. The summed E-state index contributed by atoms with van der Waals surface area (Å²) < 4.78 is 10.2. The van der Waals surface area contributed by atoms with Gasteiger partial charge < -0.3 is 14.5 Å². The van der Waals surface area contributed by atoms with Crippen molar-refractivity contribution in [1.82, 2.24) is 5.32 Å². The Morgan fingerprint density at radius 1 is 1.46 bits per heavy atom. The summed E-state index contributed by atoms with van der Waals surface area (Å²) in [7, 11) is 1.71. The van der Waals surface area contributed by atoms with Crippen LogP contribution < -0.4 is 5.32 Å². The molecule has 1 heterocycles. The standard InChI is InChI=1S/C10H17NO2/c1-9-4-7-13-10(9)3-5-11-6-8-12-2/h4,7,11H,3,5-6,8H2,1-2H3. The van der Waals surface area contributed by atoms with Crippen molar-refractivity contribution < 1.29 is 9.15 Å². The van der Waals surface area contributed by atoms with Crippen LogP contribution in [-0.2, 0) is 11.2 Å². The lowest BCUT2D eigenvalue weighted by atomic mass is 10.2. The van der Waals surface area contributed by atoms with E-state index < -0.39 is 0 Å². The van der Waals surface area contributed by atoms with Crippen LogP contribution in [0.25, 0.3) is 0 Å². The molecule has 0 aliphatic rings. The van der Waals surface area contributed by atoms with Crippen molar-refractivity contribution in [2.24, 2.45) is 0 Å². The predicted molar refractivity (Wildman–Crippen MR) is 51.9 cm³/mol. The molecule has 0 fully saturated rings. The lowest BCUT2D eigenvalue weighted by Crippen LogP contribution is -2.21. The third kappa shape index (κ3) is 3.61. The second kappa shape index (κ2) is 5.78. The second-order valence-electron chi connectivity index (χ2n) is 3.02. The summed E-state index contributed by atoms with van der Waals surface area (Å²) in [6.45, 7) is 4.67. The molecular formula is C10H17NO2. The summed E-state index contributed by atoms with van der Waals surface area (Å²) in [5.74, 6) is 1.07. The Kier molecular flexibility index (Phi) is 4.57. The molecule has 3 nitrogen and oxygen atoms in total. The van der Waals surface area contributed by atoms with Gasteiger partial charge in [-0.25, -0.2) is 0 Å². The average Bonchev–Trinajstić information content (AvgIpc) is 2.52. The Morgan fingerprint density at radius 3 is 2.92 bits per heavy atom. The molecule has 0 aliphatic heterocycles. The van der Waals surface area contributed by atoms with Crippen molar-refractivity contribution in [3.05, 3.63) is 23.7 Å². The summed E-state index contributed by atoms with van der Waals surface area (Å²) in [6.07, 6.45) is 2.68. The van der Waals surface area contributed by atoms with E-state index in [9.17, 15) is 0 Å². The Bertz CT molecular complexity index is 233. The molecule has 0 aromatic carbocycles. The van der Waals surface area contributed by atoms with Gasteiger partial charge >= 0.3 is 0 Å². The van der Waals surface area contributed by atoms with Crippen molar-refractivity contribution in [1.29, 1.82) is 0 Å². The van der Waals surface area contributed by atoms with E-state index in [1.54, 1.807) is 13.4 Å². The van der Waals surface area contributed by atoms with Gasteiger partial charge in [-0.3, -0.25) is 0 Å². The first-order chi connectivity index (χ1) is 6.34. The Morgan fingerprint density at radius 2 is 2.31 bits per heavy atom. The zero-order chi connectivity index (χ0) is 9.52. The molecule has 0 spiro atoms. The van der Waals surface area contributed by atoms with Crippen LogP contribution in [0.1, 0.15) is 11.3 Å². The predicted octanol–water partition coefficient (Wildman–Crippen LogP) is 1.37. The summed E-state index contributed by atoms with van der Waals surface area (Å²) in [5, 5.41) is 3.27. The maximum absolute atomic E-state index is 5.30. The van der Waals surface area contributed by atoms with Gasteiger partial charge in [0.05, 0.1) is 12.9 Å². The first kappa shape index (κ1) is 10.3. The van der Waals surface area contributed by atoms with Crippen LogP contribution in [0.3, 0.4) is 0 Å². The van der Waals surface area contributed by atoms with Gasteiger partial charge in [-0.15, -0.1) is 0 Å². The highest BCUT2D eigenvalue weighted by molar-refractivity contribution is 5.14. The van der Waals surface area contributed by atoms with Gasteiger partial charge in [0.2, 0.25) is 0 Å². The lowest BCUT2D eigenvalue weighted by Gasteiger charge is -2.02. The number of nitrogens with one attached hydrogen (secondary N) is 1. The molecule has 1 rings (SSSR count). The zero-order valence-corrected chi connectivity index (χ0v) is 8.30. The molecule has 3 heteroatoms. The summed E-state index contributed by atoms with van der Waals surface area (Å²) in [6, 6.07) is 1.99. The van der Waals surface area contributed by atoms with Crippen molar-refractivity contribution >= 4 is 0 Å². The van der Waals surface area contributed by atoms with Crippen LogP contribution in [0, 0.1) is 6.92 Å². The smallest absolute Gasteiger partial charge is 0.107 e. The van der Waals surface area contributed by atoms with Gasteiger partial charge in [0.15, 0.2) is 0 Å². The molecule has 0 unspecified atom stereocenters. The van der Waals surface area contributed by atoms with Crippen LogP contribution in [0.5, 0.6) is 0 Å². The summed E-state index contributed by atoms with van der Waals surface area (Å²) in [5.41, 5.74) is 1.23. The van der Waals surface area contributed by atoms with Crippen LogP contribution in [0.4, 0.5) is 0 Å². The van der Waals surface area contributed by atoms with Crippen molar-refractivity contribution in [2.45, 2.75) is 13.3 Å². The molecule has 0 amide bonds. The van der Waals surface area contributed by atoms with Gasteiger partial charge in [0.1, 0.15) is 5.76 Å². The van der Waals surface area contributed by atoms with Gasteiger partial charge in [-0.05, 0) is 18.6 Å². The number of rotatable bonds is 6. The van der Waals surface area contributed by atoms with E-state index >= 15 is 0 Å². The minimum Gasteiger partial charge on any atom is -0.469 e. The monoisotopic (exact) mass is 183 g/mol. The van der Waals surface area contributed by atoms with E-state index in [0.29, 0.717) is 0 Å². The molecule has 0 radical (unpaired) electrons. The molecule has 0 saturated carbocycles. The highest BCUT2D eigenvalue weighted by Gasteiger charge is 1.99. The van der Waals surface area contributed by atoms with Crippen LogP contribution in [0.2, 0.25) is 0 Å². The van der Waals surface area contributed by atoms with E-state index in [0.717, 1.165) is 31.9 Å². The third-order valence-electron chi connectivity index (χ3n) is 1.98. The molecular weight excluding hydrogens is 166 g/mol. The fourth-order valence-corrected chi connectivity index (χ4v) is 1.16. The van der Waals surface area contributed by atoms with Crippen molar-refractivity contribution in [3.63, 3.8) is 0 Å². The van der Waals surface area contributed by atoms with Crippen LogP contribution in [-0.4, -0.2) is 26.8 Å². The number of furan rings is 1. The molecule has 1 aromatic heterocycles. The average molecular weight is 183 g/mol. The van der Waals surface area contributed by atoms with E-state index in [2.05, 4.69) is 12.2 Å². The SMILES string of the molecule is COCCNCCc1occc1C. The zero-order valence-electron chi connectivity index (χ0n) is 8.30. The topological polar surface area (TPSA) is 34.4 Å². The minimum absolute atomic E-state index is 0.761. The van der Waals surface area contributed by atoms with Crippen molar-refractivity contribution in [3.8, 4) is 0 Å². The van der Waals surface area contributed by atoms with Gasteiger partial charge in [0, 0.05) is 26.6 Å². The molecule has 74 valence electrons. The second-order valence-corrected chi connectivity index (χ2v) is 3.02. The van der Waals surface area contributed by atoms with Crippen LogP contribution in [0.15, 0.2) is 16.7 Å². The fraction of sp³-hybridized carbons (Fsp3) is 0.600. The van der Waals surface area contributed by atoms with E-state index in [1.807, 2.05) is 6.07 Å². The summed E-state index contributed by atoms with van der Waals surface area (Å²) in [4.78, 5) is 0. The number of hydrogen-bond donors (Lipinski definition) is 1. The normalized spacial score (nSPS) is 10.6. The van der Waals surface area contributed by atoms with Gasteiger partial charge in [-0.2, -0.15) is 0 Å². The van der Waals surface area contributed by atoms with Crippen molar-refractivity contribution in [2.75, 3.05) is 26.8 Å². The van der Waals surface area contributed by atoms with Crippen LogP contribution >= 0.6 is 0 Å². The Hall–Kier alpha value is -0.800. The molecule has 13 heavy (non-hydrogen) atoms. The fourth-order valence-electron chi connectivity index (χ4n) is 1.16. The molecule has 0 saturated heterocycles. The van der Waals surface area contributed by atoms with E-state index in [1.165, 1.54) is 5.56 Å². The third-order valence-corrected chi connectivity index (χ3v) is 1.98. The number of hydrogen-bond acceptors (Lipinski definition) is 3. The van der Waals surface area contributed by atoms with Gasteiger partial charge in [0.25, 0.3) is 0 Å². The molecule has 1 aromatic rings. The van der Waals surface area contributed by atoms with E-state index in [4.69, 9.17) is 9.15 Å². The highest BCUT2D eigenvalue weighted by Crippen LogP contribution is 2.08. The minimum atomic E-state index is 0.761. The Balaban J connectivity index is 2.10. The van der Waals surface area contributed by atoms with E-state index in [-0.39, 0.29) is 0 Å². The maximum Gasteiger partial charge on any atom is 0.107 e. The number of ether oxygens (including phenoxy) is 1. The molecule has 0 aliphatic carbocycles. The van der Waals surface area contributed by atoms with Gasteiger partial charge in [-0.1, -0.05) is 0 Å². The molecule has 0 bridgehead atoms. The maximum atomic E-state index is 5.30. The first-order valence-electron chi connectivity index (χ1n) is 4.57. The Labute approximate surface area is 79.1 Å². The molecule has 1 N–H and O–H groups in total. The largest absolute Gasteiger partial charge is 0.469 e. The first-order valence-corrected chi connectivity index (χ1v) is 4.57. The highest BCUT2D eigenvalue weighted by atomic mass is 16.5. The quantitative estimate of drug-likeness (QED) is 0.676. The molecule has 0 atom stereocenters.